The van der Waals surface area contributed by atoms with Gasteiger partial charge in [0.1, 0.15) is 0 Å². The van der Waals surface area contributed by atoms with Gasteiger partial charge in [-0.3, -0.25) is 9.97 Å². The number of rotatable bonds is 3. The maximum Gasteiger partial charge on any atom is 0.319 e. The molecule has 104 valence electrons. The van der Waals surface area contributed by atoms with E-state index in [0.717, 1.165) is 21.8 Å². The molecule has 0 aliphatic rings. The van der Waals surface area contributed by atoms with Crippen molar-refractivity contribution in [3.8, 4) is 0 Å². The van der Waals surface area contributed by atoms with Crippen LogP contribution in [0.5, 0.6) is 0 Å². The molecular weight excluding hydrogens is 264 g/mol. The fourth-order valence-electron chi connectivity index (χ4n) is 2.23. The molecule has 0 saturated carbocycles. The van der Waals surface area contributed by atoms with E-state index in [4.69, 9.17) is 0 Å². The minimum atomic E-state index is -0.294. The average Bonchev–Trinajstić information content (AvgIpc) is 2.53. The number of fused-ring (bicyclic) bond motifs is 3. The van der Waals surface area contributed by atoms with Crippen molar-refractivity contribution >= 4 is 33.5 Å². The van der Waals surface area contributed by atoms with E-state index in [2.05, 4.69) is 27.2 Å². The van der Waals surface area contributed by atoms with Crippen LogP contribution in [-0.4, -0.2) is 22.5 Å². The molecule has 2 heterocycles. The van der Waals surface area contributed by atoms with Crippen molar-refractivity contribution in [1.82, 2.24) is 15.3 Å². The highest BCUT2D eigenvalue weighted by Crippen LogP contribution is 2.29. The molecular formula is C16H14N4O. The van der Waals surface area contributed by atoms with Gasteiger partial charge in [-0.1, -0.05) is 18.2 Å². The maximum atomic E-state index is 11.8. The number of nitrogens with zero attached hydrogens (tertiary/aromatic N) is 2. The highest BCUT2D eigenvalue weighted by atomic mass is 16.2. The van der Waals surface area contributed by atoms with Gasteiger partial charge in [-0.15, -0.1) is 6.58 Å². The van der Waals surface area contributed by atoms with Crippen molar-refractivity contribution in [3.05, 3.63) is 55.4 Å². The Morgan fingerprint density at radius 3 is 2.76 bits per heavy atom. The lowest BCUT2D eigenvalue weighted by atomic mass is 10.1. The smallest absolute Gasteiger partial charge is 0.319 e. The Morgan fingerprint density at radius 1 is 1.19 bits per heavy atom. The van der Waals surface area contributed by atoms with Crippen LogP contribution >= 0.6 is 0 Å². The topological polar surface area (TPSA) is 66.9 Å². The van der Waals surface area contributed by atoms with E-state index >= 15 is 0 Å². The minimum absolute atomic E-state index is 0.294. The second kappa shape index (κ2) is 5.58. The van der Waals surface area contributed by atoms with Crippen LogP contribution in [0.4, 0.5) is 10.5 Å². The van der Waals surface area contributed by atoms with Gasteiger partial charge in [0.25, 0.3) is 0 Å². The van der Waals surface area contributed by atoms with Gasteiger partial charge < -0.3 is 10.6 Å². The summed E-state index contributed by atoms with van der Waals surface area (Å²) in [5.41, 5.74) is 2.20. The largest absolute Gasteiger partial charge is 0.334 e. The third kappa shape index (κ3) is 2.53. The van der Waals surface area contributed by atoms with E-state index < -0.39 is 0 Å². The van der Waals surface area contributed by atoms with Crippen molar-refractivity contribution in [2.75, 3.05) is 11.9 Å². The zero-order chi connectivity index (χ0) is 14.7. The predicted molar refractivity (Wildman–Crippen MR) is 84.3 cm³/mol. The van der Waals surface area contributed by atoms with Crippen LogP contribution < -0.4 is 10.6 Å². The quantitative estimate of drug-likeness (QED) is 0.571. The number of hydrogen-bond acceptors (Lipinski definition) is 3. The number of nitrogens with one attached hydrogen (secondary N) is 2. The summed E-state index contributed by atoms with van der Waals surface area (Å²) in [6, 6.07) is 9.26. The minimum Gasteiger partial charge on any atom is -0.334 e. The van der Waals surface area contributed by atoms with Gasteiger partial charge in [-0.2, -0.15) is 0 Å². The number of anilines is 1. The SMILES string of the molecule is C=CCNC(=O)Nc1cc2ncccc2c2cccnc12. The first kappa shape index (κ1) is 13.1. The molecule has 0 atom stereocenters. The molecule has 21 heavy (non-hydrogen) atoms. The molecule has 5 heteroatoms. The van der Waals surface area contributed by atoms with Gasteiger partial charge in [0.15, 0.2) is 0 Å². The summed E-state index contributed by atoms with van der Waals surface area (Å²) in [6.45, 7) is 3.97. The third-order valence-electron chi connectivity index (χ3n) is 3.13. The van der Waals surface area contributed by atoms with Gasteiger partial charge in [0.2, 0.25) is 0 Å². The van der Waals surface area contributed by atoms with Gasteiger partial charge in [-0.25, -0.2) is 4.79 Å². The van der Waals surface area contributed by atoms with Gasteiger partial charge in [0, 0.05) is 29.7 Å². The lowest BCUT2D eigenvalue weighted by Crippen LogP contribution is -2.28. The fourth-order valence-corrected chi connectivity index (χ4v) is 2.23. The number of hydrogen-bond donors (Lipinski definition) is 2. The molecule has 0 fully saturated rings. The summed E-state index contributed by atoms with van der Waals surface area (Å²) < 4.78 is 0. The molecule has 2 N–H and O–H groups in total. The van der Waals surface area contributed by atoms with E-state index in [1.807, 2.05) is 30.3 Å². The lowest BCUT2D eigenvalue weighted by Gasteiger charge is -2.10. The number of pyridine rings is 2. The fraction of sp³-hybridized carbons (Fsp3) is 0.0625. The van der Waals surface area contributed by atoms with Gasteiger partial charge in [0.05, 0.1) is 16.7 Å². The first-order valence-corrected chi connectivity index (χ1v) is 6.58. The Hall–Kier alpha value is -2.95. The molecule has 0 aliphatic carbocycles. The first-order valence-electron chi connectivity index (χ1n) is 6.58. The second-order valence-corrected chi connectivity index (χ2v) is 4.52. The number of amides is 2. The summed E-state index contributed by atoms with van der Waals surface area (Å²) in [7, 11) is 0. The highest BCUT2D eigenvalue weighted by molar-refractivity contribution is 6.12. The summed E-state index contributed by atoms with van der Waals surface area (Å²) >= 11 is 0. The third-order valence-corrected chi connectivity index (χ3v) is 3.13. The van der Waals surface area contributed by atoms with Gasteiger partial charge >= 0.3 is 6.03 Å². The van der Waals surface area contributed by atoms with Crippen LogP contribution in [0.1, 0.15) is 0 Å². The lowest BCUT2D eigenvalue weighted by molar-refractivity contribution is 0.253. The van der Waals surface area contributed by atoms with Crippen molar-refractivity contribution < 1.29 is 4.79 Å². The van der Waals surface area contributed by atoms with Crippen LogP contribution in [0, 0.1) is 0 Å². The van der Waals surface area contributed by atoms with E-state index in [0.29, 0.717) is 12.2 Å². The molecule has 0 aliphatic heterocycles. The first-order chi connectivity index (χ1) is 10.3. The van der Waals surface area contributed by atoms with E-state index in [9.17, 15) is 4.79 Å². The number of benzene rings is 1. The average molecular weight is 278 g/mol. The molecule has 0 bridgehead atoms. The highest BCUT2D eigenvalue weighted by Gasteiger charge is 2.10. The van der Waals surface area contributed by atoms with Crippen LogP contribution in [-0.2, 0) is 0 Å². The summed E-state index contributed by atoms with van der Waals surface area (Å²) in [5, 5.41) is 7.46. The van der Waals surface area contributed by atoms with Crippen LogP contribution in [0.3, 0.4) is 0 Å². The molecule has 2 aromatic heterocycles. The monoisotopic (exact) mass is 278 g/mol. The number of aromatic nitrogens is 2. The van der Waals surface area contributed by atoms with Crippen LogP contribution in [0.25, 0.3) is 21.8 Å². The van der Waals surface area contributed by atoms with Crippen molar-refractivity contribution in [3.63, 3.8) is 0 Å². The van der Waals surface area contributed by atoms with E-state index in [1.54, 1.807) is 18.5 Å². The summed E-state index contributed by atoms with van der Waals surface area (Å²) in [5.74, 6) is 0. The number of urea groups is 1. The Kier molecular flexibility index (Phi) is 3.47. The van der Waals surface area contributed by atoms with Crippen LogP contribution in [0.2, 0.25) is 0 Å². The van der Waals surface area contributed by atoms with E-state index in [1.165, 1.54) is 0 Å². The second-order valence-electron chi connectivity index (χ2n) is 4.52. The number of carbonyl (C=O) groups excluding carboxylic acids is 1. The molecule has 0 unspecified atom stereocenters. The maximum absolute atomic E-state index is 11.8. The Bertz CT molecular complexity index is 829. The molecule has 2 amide bonds. The molecule has 0 saturated heterocycles. The Morgan fingerprint density at radius 2 is 1.95 bits per heavy atom. The molecule has 5 nitrogen and oxygen atoms in total. The van der Waals surface area contributed by atoms with Crippen molar-refractivity contribution in [1.29, 1.82) is 0 Å². The van der Waals surface area contributed by atoms with Crippen molar-refractivity contribution in [2.24, 2.45) is 0 Å². The molecule has 0 spiro atoms. The standard InChI is InChI=1S/C16H14N4O/c1-2-7-19-16(21)20-14-10-13-11(5-3-8-17-13)12-6-4-9-18-15(12)14/h2-6,8-10H,1,7H2,(H2,19,20,21). The zero-order valence-electron chi connectivity index (χ0n) is 11.3. The molecule has 0 radical (unpaired) electrons. The number of carbonyl (C=O) groups is 1. The van der Waals surface area contributed by atoms with Crippen molar-refractivity contribution in [2.45, 2.75) is 0 Å². The molecule has 3 aromatic rings. The summed E-state index contributed by atoms with van der Waals surface area (Å²) in [4.78, 5) is 20.6. The zero-order valence-corrected chi connectivity index (χ0v) is 11.3. The predicted octanol–water partition coefficient (Wildman–Crippen LogP) is 3.09. The normalized spacial score (nSPS) is 10.5. The molecule has 3 rings (SSSR count). The Labute approximate surface area is 121 Å². The Balaban J connectivity index is 2.11. The van der Waals surface area contributed by atoms with E-state index in [-0.39, 0.29) is 6.03 Å². The van der Waals surface area contributed by atoms with Crippen LogP contribution in [0.15, 0.2) is 55.4 Å². The summed E-state index contributed by atoms with van der Waals surface area (Å²) in [6.07, 6.45) is 5.06. The van der Waals surface area contributed by atoms with Gasteiger partial charge in [-0.05, 0) is 18.2 Å². The molecule has 1 aromatic carbocycles.